The maximum atomic E-state index is 5.95. The summed E-state index contributed by atoms with van der Waals surface area (Å²) in [4.78, 5) is 3.31. The van der Waals surface area contributed by atoms with E-state index in [-0.39, 0.29) is 5.92 Å². The average molecular weight is 398 g/mol. The Morgan fingerprint density at radius 3 is 2.25 bits per heavy atom. The highest BCUT2D eigenvalue weighted by Gasteiger charge is 2.20. The SMILES string of the molecule is COc1ccc(C(Cc2ccc(OCCC(C)C)cc2)c2csc(N)[nH+]2)cc1. The number of aromatic amines is 1. The van der Waals surface area contributed by atoms with Crippen molar-refractivity contribution in [3.63, 3.8) is 0 Å². The summed E-state index contributed by atoms with van der Waals surface area (Å²) in [6, 6.07) is 16.7. The first-order valence-corrected chi connectivity index (χ1v) is 10.5. The van der Waals surface area contributed by atoms with Crippen LogP contribution in [0.4, 0.5) is 5.13 Å². The molecule has 0 spiro atoms. The Bertz CT molecular complexity index is 857. The molecule has 5 heteroatoms. The summed E-state index contributed by atoms with van der Waals surface area (Å²) in [5, 5.41) is 2.83. The molecule has 1 atom stereocenters. The van der Waals surface area contributed by atoms with Crippen molar-refractivity contribution >= 4 is 16.5 Å². The Kier molecular flexibility index (Phi) is 6.93. The zero-order valence-electron chi connectivity index (χ0n) is 16.8. The summed E-state index contributed by atoms with van der Waals surface area (Å²) in [5.41, 5.74) is 9.57. The lowest BCUT2D eigenvalue weighted by molar-refractivity contribution is -0.368. The number of nitrogen functional groups attached to an aromatic ring is 1. The van der Waals surface area contributed by atoms with Gasteiger partial charge >= 0.3 is 5.13 Å². The molecular weight excluding hydrogens is 368 g/mol. The second kappa shape index (κ2) is 9.60. The molecule has 0 aliphatic rings. The zero-order chi connectivity index (χ0) is 19.9. The van der Waals surface area contributed by atoms with Gasteiger partial charge in [0.15, 0.2) is 0 Å². The minimum Gasteiger partial charge on any atom is -0.497 e. The van der Waals surface area contributed by atoms with Crippen LogP contribution in [-0.4, -0.2) is 13.7 Å². The number of hydrogen-bond acceptors (Lipinski definition) is 4. The smallest absolute Gasteiger partial charge is 0.329 e. The van der Waals surface area contributed by atoms with Crippen LogP contribution in [0.1, 0.15) is 43.0 Å². The van der Waals surface area contributed by atoms with Gasteiger partial charge in [-0.15, -0.1) is 0 Å². The van der Waals surface area contributed by atoms with Crippen molar-refractivity contribution in [1.29, 1.82) is 0 Å². The predicted molar refractivity (Wildman–Crippen MR) is 115 cm³/mol. The average Bonchev–Trinajstić information content (AvgIpc) is 3.13. The summed E-state index contributed by atoms with van der Waals surface area (Å²) in [6.07, 6.45) is 1.95. The highest BCUT2D eigenvalue weighted by molar-refractivity contribution is 7.13. The van der Waals surface area contributed by atoms with Crippen LogP contribution in [0.5, 0.6) is 11.5 Å². The van der Waals surface area contributed by atoms with Gasteiger partial charge in [0, 0.05) is 5.38 Å². The predicted octanol–water partition coefficient (Wildman–Crippen LogP) is 4.95. The van der Waals surface area contributed by atoms with Crippen molar-refractivity contribution in [2.24, 2.45) is 5.92 Å². The van der Waals surface area contributed by atoms with Crippen molar-refractivity contribution < 1.29 is 14.5 Å². The fourth-order valence-corrected chi connectivity index (χ4v) is 3.76. The first-order valence-electron chi connectivity index (χ1n) is 9.67. The van der Waals surface area contributed by atoms with E-state index in [1.54, 1.807) is 7.11 Å². The van der Waals surface area contributed by atoms with Gasteiger partial charge in [-0.1, -0.05) is 49.4 Å². The van der Waals surface area contributed by atoms with Gasteiger partial charge in [-0.3, -0.25) is 5.73 Å². The van der Waals surface area contributed by atoms with Gasteiger partial charge in [-0.25, -0.2) is 4.98 Å². The second-order valence-electron chi connectivity index (χ2n) is 7.39. The van der Waals surface area contributed by atoms with Crippen LogP contribution in [0.2, 0.25) is 0 Å². The first-order chi connectivity index (χ1) is 13.5. The summed E-state index contributed by atoms with van der Waals surface area (Å²) >= 11 is 1.54. The van der Waals surface area contributed by atoms with Crippen molar-refractivity contribution in [2.45, 2.75) is 32.6 Å². The van der Waals surface area contributed by atoms with Crippen LogP contribution in [0.15, 0.2) is 53.9 Å². The van der Waals surface area contributed by atoms with Crippen LogP contribution in [-0.2, 0) is 6.42 Å². The molecule has 0 bridgehead atoms. The van der Waals surface area contributed by atoms with Gasteiger partial charge in [0.1, 0.15) is 17.2 Å². The highest BCUT2D eigenvalue weighted by Crippen LogP contribution is 2.30. The third-order valence-corrected chi connectivity index (χ3v) is 5.53. The Balaban J connectivity index is 1.75. The van der Waals surface area contributed by atoms with Crippen molar-refractivity contribution in [1.82, 2.24) is 0 Å². The molecule has 0 radical (unpaired) electrons. The molecule has 0 aliphatic carbocycles. The molecule has 4 nitrogen and oxygen atoms in total. The lowest BCUT2D eigenvalue weighted by Gasteiger charge is -2.15. The number of benzene rings is 2. The van der Waals surface area contributed by atoms with Gasteiger partial charge in [-0.05, 0) is 54.2 Å². The zero-order valence-corrected chi connectivity index (χ0v) is 17.6. The van der Waals surface area contributed by atoms with E-state index in [0.717, 1.165) is 41.8 Å². The fourth-order valence-electron chi connectivity index (χ4n) is 3.11. The summed E-state index contributed by atoms with van der Waals surface area (Å²) in [7, 11) is 1.69. The third kappa shape index (κ3) is 5.49. The fraction of sp³-hybridized carbons (Fsp3) is 0.348. The van der Waals surface area contributed by atoms with E-state index < -0.39 is 0 Å². The van der Waals surface area contributed by atoms with Gasteiger partial charge < -0.3 is 9.47 Å². The number of methoxy groups -OCH3 is 1. The molecule has 0 aliphatic heterocycles. The van der Waals surface area contributed by atoms with E-state index in [0.29, 0.717) is 5.92 Å². The maximum Gasteiger partial charge on any atom is 0.329 e. The van der Waals surface area contributed by atoms with E-state index in [9.17, 15) is 0 Å². The lowest BCUT2D eigenvalue weighted by atomic mass is 9.89. The van der Waals surface area contributed by atoms with E-state index in [1.165, 1.54) is 22.5 Å². The molecule has 1 heterocycles. The van der Waals surface area contributed by atoms with Gasteiger partial charge in [0.25, 0.3) is 0 Å². The number of hydrogen-bond donors (Lipinski definition) is 1. The van der Waals surface area contributed by atoms with Gasteiger partial charge in [-0.2, -0.15) is 0 Å². The summed E-state index contributed by atoms with van der Waals surface area (Å²) in [6.45, 7) is 5.18. The number of ether oxygens (including phenoxy) is 2. The molecule has 3 aromatic rings. The summed E-state index contributed by atoms with van der Waals surface area (Å²) < 4.78 is 11.1. The first kappa shape index (κ1) is 20.2. The molecule has 0 amide bonds. The number of H-pyrrole nitrogens is 1. The van der Waals surface area contributed by atoms with Crippen LogP contribution >= 0.6 is 11.3 Å². The van der Waals surface area contributed by atoms with Crippen molar-refractivity contribution in [2.75, 3.05) is 19.5 Å². The Morgan fingerprint density at radius 2 is 1.68 bits per heavy atom. The van der Waals surface area contributed by atoms with Crippen molar-refractivity contribution in [3.05, 3.63) is 70.7 Å². The topological polar surface area (TPSA) is 58.6 Å². The number of nitrogens with two attached hydrogens (primary N) is 1. The molecule has 28 heavy (non-hydrogen) atoms. The standard InChI is InChI=1S/C23H28N2O2S/c1-16(2)12-13-27-20-8-4-17(5-9-20)14-21(22-15-28-23(24)25-22)18-6-10-19(26-3)11-7-18/h4-11,15-16,21H,12-14H2,1-3H3,(H2,24,25)/p+1. The normalized spacial score (nSPS) is 12.1. The maximum absolute atomic E-state index is 5.95. The molecule has 0 saturated carbocycles. The van der Waals surface area contributed by atoms with E-state index >= 15 is 0 Å². The number of anilines is 1. The van der Waals surface area contributed by atoms with Gasteiger partial charge in [0.2, 0.25) is 0 Å². The number of thiazole rings is 1. The Hall–Kier alpha value is -2.53. The van der Waals surface area contributed by atoms with Gasteiger partial charge in [0.05, 0.1) is 19.6 Å². The largest absolute Gasteiger partial charge is 0.497 e. The Morgan fingerprint density at radius 1 is 1.00 bits per heavy atom. The second-order valence-corrected chi connectivity index (χ2v) is 8.30. The minimum atomic E-state index is 0.201. The molecule has 0 fully saturated rings. The van der Waals surface area contributed by atoms with Crippen LogP contribution in [0, 0.1) is 5.92 Å². The molecule has 2 aromatic carbocycles. The number of nitrogens with one attached hydrogen (secondary N) is 1. The van der Waals surface area contributed by atoms with E-state index in [1.807, 2.05) is 12.1 Å². The van der Waals surface area contributed by atoms with Crippen molar-refractivity contribution in [3.8, 4) is 11.5 Å². The minimum absolute atomic E-state index is 0.201. The monoisotopic (exact) mass is 397 g/mol. The third-order valence-electron chi connectivity index (χ3n) is 4.80. The van der Waals surface area contributed by atoms with E-state index in [4.69, 9.17) is 15.2 Å². The molecule has 0 saturated heterocycles. The molecule has 148 valence electrons. The lowest BCUT2D eigenvalue weighted by Crippen LogP contribution is -2.17. The highest BCUT2D eigenvalue weighted by atomic mass is 32.1. The summed E-state index contributed by atoms with van der Waals surface area (Å²) in [5.74, 6) is 2.64. The number of rotatable bonds is 9. The molecule has 3 N–H and O–H groups in total. The molecular formula is C23H29N2O2S+. The molecule has 1 unspecified atom stereocenters. The van der Waals surface area contributed by atoms with E-state index in [2.05, 4.69) is 60.6 Å². The quantitative estimate of drug-likeness (QED) is 0.556. The molecule has 3 rings (SSSR count). The number of aromatic nitrogens is 1. The van der Waals surface area contributed by atoms with Crippen LogP contribution < -0.4 is 20.2 Å². The molecule has 1 aromatic heterocycles. The van der Waals surface area contributed by atoms with Crippen LogP contribution in [0.3, 0.4) is 0 Å². The van der Waals surface area contributed by atoms with Crippen LogP contribution in [0.25, 0.3) is 0 Å². The Labute approximate surface area is 171 Å².